The number of aliphatic hydroxyl groups is 1. The maximum absolute atomic E-state index is 10.6. The average Bonchev–Trinajstić information content (AvgIpc) is 2.47. The SMILES string of the molecule is CCCCCCCCCCCCCCC(O)CCCS(=O)(=O)O.[Ca]. The van der Waals surface area contributed by atoms with Gasteiger partial charge in [0.1, 0.15) is 0 Å². The van der Waals surface area contributed by atoms with Crippen molar-refractivity contribution >= 4 is 47.9 Å². The van der Waals surface area contributed by atoms with Gasteiger partial charge in [-0.05, 0) is 19.3 Å². The van der Waals surface area contributed by atoms with Gasteiger partial charge in [0.05, 0.1) is 11.9 Å². The Balaban J connectivity index is 0. The Bertz CT molecular complexity index is 347. The molecule has 0 aliphatic carbocycles. The van der Waals surface area contributed by atoms with E-state index in [1.54, 1.807) is 0 Å². The molecule has 0 rings (SSSR count). The molecular formula is C18H38CaO4S. The van der Waals surface area contributed by atoms with Crippen LogP contribution in [-0.2, 0) is 10.1 Å². The quantitative estimate of drug-likeness (QED) is 0.214. The normalized spacial score (nSPS) is 12.8. The molecule has 0 fully saturated rings. The maximum atomic E-state index is 10.6. The number of hydrogen-bond acceptors (Lipinski definition) is 3. The number of aliphatic hydroxyl groups excluding tert-OH is 1. The van der Waals surface area contributed by atoms with Gasteiger partial charge in [0.2, 0.25) is 0 Å². The second-order valence-electron chi connectivity index (χ2n) is 6.76. The van der Waals surface area contributed by atoms with E-state index in [-0.39, 0.29) is 43.5 Å². The molecule has 0 saturated carbocycles. The first-order valence-corrected chi connectivity index (χ1v) is 11.2. The Kier molecular flexibility index (Phi) is 21.5. The summed E-state index contributed by atoms with van der Waals surface area (Å²) in [5.74, 6) is -0.248. The van der Waals surface area contributed by atoms with Gasteiger partial charge in [0.25, 0.3) is 10.1 Å². The Morgan fingerprint density at radius 1 is 0.708 bits per heavy atom. The second-order valence-corrected chi connectivity index (χ2v) is 8.33. The van der Waals surface area contributed by atoms with Crippen LogP contribution in [0.15, 0.2) is 0 Å². The summed E-state index contributed by atoms with van der Waals surface area (Å²) in [6.07, 6.45) is 16.7. The fourth-order valence-corrected chi connectivity index (χ4v) is 3.40. The van der Waals surface area contributed by atoms with E-state index in [0.29, 0.717) is 12.8 Å². The molecule has 0 spiro atoms. The fourth-order valence-electron chi connectivity index (χ4n) is 2.87. The third-order valence-electron chi connectivity index (χ3n) is 4.33. The van der Waals surface area contributed by atoms with Crippen LogP contribution in [0.5, 0.6) is 0 Å². The van der Waals surface area contributed by atoms with Crippen molar-refractivity contribution in [2.75, 3.05) is 5.75 Å². The van der Waals surface area contributed by atoms with E-state index in [9.17, 15) is 13.5 Å². The Labute approximate surface area is 179 Å². The molecule has 1 atom stereocenters. The number of unbranched alkanes of at least 4 members (excludes halogenated alkanes) is 11. The van der Waals surface area contributed by atoms with Crippen molar-refractivity contribution in [3.8, 4) is 0 Å². The van der Waals surface area contributed by atoms with E-state index in [2.05, 4.69) is 6.92 Å². The summed E-state index contributed by atoms with van der Waals surface area (Å²) < 4.78 is 29.7. The van der Waals surface area contributed by atoms with Crippen molar-refractivity contribution < 1.29 is 18.1 Å². The van der Waals surface area contributed by atoms with Crippen LogP contribution in [0.3, 0.4) is 0 Å². The number of rotatable bonds is 17. The van der Waals surface area contributed by atoms with Crippen molar-refractivity contribution in [3.05, 3.63) is 0 Å². The van der Waals surface area contributed by atoms with Gasteiger partial charge in [0.15, 0.2) is 0 Å². The topological polar surface area (TPSA) is 74.6 Å². The van der Waals surface area contributed by atoms with Gasteiger partial charge in [-0.2, -0.15) is 8.42 Å². The van der Waals surface area contributed by atoms with E-state index < -0.39 is 16.2 Å². The molecule has 24 heavy (non-hydrogen) atoms. The zero-order valence-electron chi connectivity index (χ0n) is 15.7. The van der Waals surface area contributed by atoms with Crippen molar-refractivity contribution in [2.24, 2.45) is 0 Å². The first-order chi connectivity index (χ1) is 11.0. The molecule has 0 aromatic heterocycles. The standard InChI is InChI=1S/C18H38O4S.Ca/c1-2-3-4-5-6-7-8-9-10-11-12-13-15-18(19)16-14-17-23(20,21)22;/h18-19H,2-17H2,1H3,(H,20,21,22);. The third kappa shape index (κ3) is 23.1. The molecule has 142 valence electrons. The first-order valence-electron chi connectivity index (χ1n) is 9.59. The van der Waals surface area contributed by atoms with Crippen LogP contribution in [0.25, 0.3) is 0 Å². The van der Waals surface area contributed by atoms with Gasteiger partial charge in [-0.1, -0.05) is 84.0 Å². The molecular weight excluding hydrogens is 352 g/mol. The van der Waals surface area contributed by atoms with Gasteiger partial charge in [-0.25, -0.2) is 0 Å². The molecule has 0 heterocycles. The van der Waals surface area contributed by atoms with E-state index in [1.165, 1.54) is 64.2 Å². The van der Waals surface area contributed by atoms with E-state index in [0.717, 1.165) is 19.3 Å². The Morgan fingerprint density at radius 3 is 1.50 bits per heavy atom. The van der Waals surface area contributed by atoms with E-state index >= 15 is 0 Å². The van der Waals surface area contributed by atoms with E-state index in [1.807, 2.05) is 0 Å². The summed E-state index contributed by atoms with van der Waals surface area (Å²) in [6.45, 7) is 2.25. The minimum absolute atomic E-state index is 0. The van der Waals surface area contributed by atoms with Gasteiger partial charge in [-0.15, -0.1) is 0 Å². The summed E-state index contributed by atoms with van der Waals surface area (Å²) in [7, 11) is -3.88. The molecule has 0 aliphatic rings. The van der Waals surface area contributed by atoms with E-state index in [4.69, 9.17) is 4.55 Å². The van der Waals surface area contributed by atoms with Crippen molar-refractivity contribution in [1.29, 1.82) is 0 Å². The average molecular weight is 391 g/mol. The van der Waals surface area contributed by atoms with Gasteiger partial charge < -0.3 is 5.11 Å². The van der Waals surface area contributed by atoms with Crippen molar-refractivity contribution in [1.82, 2.24) is 0 Å². The minimum Gasteiger partial charge on any atom is -0.393 e. The molecule has 0 bridgehead atoms. The van der Waals surface area contributed by atoms with Crippen LogP contribution in [0.4, 0.5) is 0 Å². The monoisotopic (exact) mass is 390 g/mol. The van der Waals surface area contributed by atoms with Crippen LogP contribution >= 0.6 is 0 Å². The van der Waals surface area contributed by atoms with Crippen LogP contribution in [0.2, 0.25) is 0 Å². The minimum atomic E-state index is -3.88. The molecule has 0 aliphatic heterocycles. The Morgan fingerprint density at radius 2 is 1.08 bits per heavy atom. The van der Waals surface area contributed by atoms with Gasteiger partial charge >= 0.3 is 0 Å². The van der Waals surface area contributed by atoms with Crippen molar-refractivity contribution in [2.45, 2.75) is 109 Å². The van der Waals surface area contributed by atoms with Gasteiger partial charge in [-0.3, -0.25) is 4.55 Å². The van der Waals surface area contributed by atoms with Crippen LogP contribution in [0, 0.1) is 0 Å². The molecule has 2 radical (unpaired) electrons. The molecule has 2 N–H and O–H groups in total. The van der Waals surface area contributed by atoms with Crippen molar-refractivity contribution in [3.63, 3.8) is 0 Å². The zero-order valence-corrected chi connectivity index (χ0v) is 18.7. The smallest absolute Gasteiger partial charge is 0.264 e. The summed E-state index contributed by atoms with van der Waals surface area (Å²) in [5, 5.41) is 9.73. The Hall–Kier alpha value is 1.13. The number of hydrogen-bond donors (Lipinski definition) is 2. The van der Waals surface area contributed by atoms with Crippen LogP contribution in [-0.4, -0.2) is 67.7 Å². The molecule has 1 unspecified atom stereocenters. The fraction of sp³-hybridized carbons (Fsp3) is 1.00. The predicted octanol–water partition coefficient (Wildman–Crippen LogP) is 4.73. The molecule has 0 amide bonds. The first kappa shape index (κ1) is 27.3. The maximum Gasteiger partial charge on any atom is 0.264 e. The second kappa shape index (κ2) is 18.9. The molecule has 0 aromatic rings. The molecule has 0 saturated heterocycles. The summed E-state index contributed by atoms with van der Waals surface area (Å²) in [4.78, 5) is 0. The summed E-state index contributed by atoms with van der Waals surface area (Å²) in [5.41, 5.74) is 0. The van der Waals surface area contributed by atoms with Crippen LogP contribution in [0.1, 0.15) is 103 Å². The predicted molar refractivity (Wildman–Crippen MR) is 103 cm³/mol. The molecule has 6 heteroatoms. The largest absolute Gasteiger partial charge is 0.393 e. The third-order valence-corrected chi connectivity index (χ3v) is 5.14. The van der Waals surface area contributed by atoms with Gasteiger partial charge in [0, 0.05) is 37.7 Å². The molecule has 0 aromatic carbocycles. The zero-order chi connectivity index (χ0) is 17.4. The summed E-state index contributed by atoms with van der Waals surface area (Å²) >= 11 is 0. The summed E-state index contributed by atoms with van der Waals surface area (Å²) in [6, 6.07) is 0. The molecule has 4 nitrogen and oxygen atoms in total. The van der Waals surface area contributed by atoms with Crippen LogP contribution < -0.4 is 0 Å².